The molecule has 3 rings (SSSR count). The summed E-state index contributed by atoms with van der Waals surface area (Å²) in [6, 6.07) is -0.143. The van der Waals surface area contributed by atoms with Gasteiger partial charge >= 0.3 is 12.0 Å². The Bertz CT molecular complexity index is 400. The van der Waals surface area contributed by atoms with Crippen LogP contribution in [-0.2, 0) is 4.79 Å². The Morgan fingerprint density at radius 2 is 1.70 bits per heavy atom. The maximum atomic E-state index is 12.4. The number of carboxylic acids is 1. The molecule has 112 valence electrons. The van der Waals surface area contributed by atoms with Crippen LogP contribution in [0.3, 0.4) is 0 Å². The van der Waals surface area contributed by atoms with Crippen molar-refractivity contribution in [1.82, 2.24) is 10.2 Å². The SMILES string of the molecule is O=C(O)C1CCCC1NC(=O)N1C2CCC1CC(O)C2. The fourth-order valence-corrected chi connectivity index (χ4v) is 4.14. The van der Waals surface area contributed by atoms with Crippen molar-refractivity contribution in [1.29, 1.82) is 0 Å². The highest BCUT2D eigenvalue weighted by Gasteiger charge is 2.44. The van der Waals surface area contributed by atoms with E-state index in [1.807, 2.05) is 4.90 Å². The third kappa shape index (κ3) is 2.37. The molecule has 0 aromatic carbocycles. The third-order valence-electron chi connectivity index (χ3n) is 5.08. The Morgan fingerprint density at radius 3 is 2.30 bits per heavy atom. The van der Waals surface area contributed by atoms with Gasteiger partial charge in [-0.2, -0.15) is 0 Å². The predicted octanol–water partition coefficient (Wildman–Crippen LogP) is 0.937. The van der Waals surface area contributed by atoms with Gasteiger partial charge in [-0.25, -0.2) is 4.79 Å². The number of piperidine rings is 1. The summed E-state index contributed by atoms with van der Waals surface area (Å²) in [6.07, 6.45) is 5.14. The van der Waals surface area contributed by atoms with Gasteiger partial charge in [0.1, 0.15) is 0 Å². The Hall–Kier alpha value is -1.30. The van der Waals surface area contributed by atoms with Crippen LogP contribution in [0.25, 0.3) is 0 Å². The first kappa shape index (κ1) is 13.7. The Morgan fingerprint density at radius 1 is 1.05 bits per heavy atom. The van der Waals surface area contributed by atoms with E-state index < -0.39 is 11.9 Å². The Labute approximate surface area is 118 Å². The zero-order valence-electron chi connectivity index (χ0n) is 11.5. The highest BCUT2D eigenvalue weighted by molar-refractivity contribution is 5.78. The first-order valence-electron chi connectivity index (χ1n) is 7.56. The van der Waals surface area contributed by atoms with E-state index in [1.165, 1.54) is 0 Å². The molecule has 0 aromatic rings. The number of nitrogens with one attached hydrogen (secondary N) is 1. The normalized spacial score (nSPS) is 39.9. The molecule has 6 nitrogen and oxygen atoms in total. The van der Waals surface area contributed by atoms with Crippen molar-refractivity contribution >= 4 is 12.0 Å². The molecule has 4 atom stereocenters. The van der Waals surface area contributed by atoms with Gasteiger partial charge in [0, 0.05) is 18.1 Å². The standard InChI is InChI=1S/C14H22N2O4/c17-10-6-8-4-5-9(7-10)16(8)14(20)15-12-3-1-2-11(12)13(18)19/h8-12,17H,1-7H2,(H,15,20)(H,18,19). The number of aliphatic carboxylic acids is 1. The van der Waals surface area contributed by atoms with Crippen LogP contribution in [-0.4, -0.2) is 51.3 Å². The van der Waals surface area contributed by atoms with Gasteiger partial charge in [-0.1, -0.05) is 6.42 Å². The minimum absolute atomic E-state index is 0.119. The second-order valence-corrected chi connectivity index (χ2v) is 6.35. The molecule has 1 saturated carbocycles. The van der Waals surface area contributed by atoms with E-state index in [9.17, 15) is 14.7 Å². The number of nitrogens with zero attached hydrogens (tertiary/aromatic N) is 1. The summed E-state index contributed by atoms with van der Waals surface area (Å²) in [4.78, 5) is 25.4. The summed E-state index contributed by atoms with van der Waals surface area (Å²) in [5, 5.41) is 21.8. The highest BCUT2D eigenvalue weighted by Crippen LogP contribution is 2.36. The number of aliphatic hydroxyl groups excluding tert-OH is 1. The zero-order valence-corrected chi connectivity index (χ0v) is 11.5. The smallest absolute Gasteiger partial charge is 0.318 e. The molecule has 0 radical (unpaired) electrons. The monoisotopic (exact) mass is 282 g/mol. The summed E-state index contributed by atoms with van der Waals surface area (Å²) in [6.45, 7) is 0. The van der Waals surface area contributed by atoms with Crippen LogP contribution >= 0.6 is 0 Å². The number of amides is 2. The number of carbonyl (C=O) groups is 2. The van der Waals surface area contributed by atoms with Crippen molar-refractivity contribution in [2.24, 2.45) is 5.92 Å². The quantitative estimate of drug-likeness (QED) is 0.703. The van der Waals surface area contributed by atoms with Crippen LogP contribution in [0.4, 0.5) is 4.79 Å². The van der Waals surface area contributed by atoms with Crippen molar-refractivity contribution in [2.45, 2.75) is 69.2 Å². The molecule has 3 N–H and O–H groups in total. The molecule has 0 spiro atoms. The van der Waals surface area contributed by atoms with Gasteiger partial charge in [-0.3, -0.25) is 4.79 Å². The summed E-state index contributed by atoms with van der Waals surface area (Å²) in [7, 11) is 0. The van der Waals surface area contributed by atoms with Crippen molar-refractivity contribution in [3.05, 3.63) is 0 Å². The minimum Gasteiger partial charge on any atom is -0.481 e. The van der Waals surface area contributed by atoms with Gasteiger partial charge in [0.25, 0.3) is 0 Å². The first-order valence-corrected chi connectivity index (χ1v) is 7.56. The number of carboxylic acid groups (broad SMARTS) is 1. The lowest BCUT2D eigenvalue weighted by molar-refractivity contribution is -0.142. The molecular formula is C14H22N2O4. The number of carbonyl (C=O) groups excluding carboxylic acids is 1. The number of hydrogen-bond acceptors (Lipinski definition) is 3. The molecule has 2 aliphatic heterocycles. The van der Waals surface area contributed by atoms with E-state index in [0.29, 0.717) is 19.3 Å². The lowest BCUT2D eigenvalue weighted by Crippen LogP contribution is -2.54. The number of aliphatic hydroxyl groups is 1. The van der Waals surface area contributed by atoms with Crippen LogP contribution < -0.4 is 5.32 Å². The topological polar surface area (TPSA) is 89.9 Å². The fraction of sp³-hybridized carbons (Fsp3) is 0.857. The summed E-state index contributed by atoms with van der Waals surface area (Å²) >= 11 is 0. The highest BCUT2D eigenvalue weighted by atomic mass is 16.4. The van der Waals surface area contributed by atoms with E-state index in [-0.39, 0.29) is 30.3 Å². The molecule has 2 bridgehead atoms. The second-order valence-electron chi connectivity index (χ2n) is 6.35. The van der Waals surface area contributed by atoms with E-state index in [2.05, 4.69) is 5.32 Å². The summed E-state index contributed by atoms with van der Waals surface area (Å²) in [5.41, 5.74) is 0. The lowest BCUT2D eigenvalue weighted by Gasteiger charge is -2.38. The van der Waals surface area contributed by atoms with Gasteiger partial charge in [0.15, 0.2) is 0 Å². The molecule has 2 amide bonds. The van der Waals surface area contributed by atoms with E-state index in [0.717, 1.165) is 25.7 Å². The Kier molecular flexibility index (Phi) is 3.58. The van der Waals surface area contributed by atoms with Crippen molar-refractivity contribution in [3.8, 4) is 0 Å². The average Bonchev–Trinajstić information content (AvgIpc) is 2.93. The molecule has 6 heteroatoms. The maximum absolute atomic E-state index is 12.4. The van der Waals surface area contributed by atoms with Crippen LogP contribution in [0.2, 0.25) is 0 Å². The number of fused-ring (bicyclic) bond motifs is 2. The zero-order chi connectivity index (χ0) is 14.3. The third-order valence-corrected chi connectivity index (χ3v) is 5.08. The molecule has 2 saturated heterocycles. The van der Waals surface area contributed by atoms with Gasteiger partial charge in [-0.05, 0) is 38.5 Å². The van der Waals surface area contributed by atoms with Gasteiger partial charge < -0.3 is 20.4 Å². The number of hydrogen-bond donors (Lipinski definition) is 3. The number of rotatable bonds is 2. The van der Waals surface area contributed by atoms with Crippen LogP contribution in [0.15, 0.2) is 0 Å². The molecule has 3 aliphatic rings. The second kappa shape index (κ2) is 5.24. The summed E-state index contributed by atoms with van der Waals surface area (Å²) < 4.78 is 0. The van der Waals surface area contributed by atoms with E-state index in [1.54, 1.807) is 0 Å². The van der Waals surface area contributed by atoms with Crippen LogP contribution in [0.1, 0.15) is 44.9 Å². The average molecular weight is 282 g/mol. The molecule has 1 aliphatic carbocycles. The van der Waals surface area contributed by atoms with Gasteiger partial charge in [-0.15, -0.1) is 0 Å². The van der Waals surface area contributed by atoms with E-state index in [4.69, 9.17) is 5.11 Å². The minimum atomic E-state index is -0.815. The van der Waals surface area contributed by atoms with Crippen molar-refractivity contribution < 1.29 is 19.8 Å². The lowest BCUT2D eigenvalue weighted by atomic mass is 10.00. The summed E-state index contributed by atoms with van der Waals surface area (Å²) in [5.74, 6) is -1.27. The molecular weight excluding hydrogens is 260 g/mol. The van der Waals surface area contributed by atoms with Crippen LogP contribution in [0.5, 0.6) is 0 Å². The maximum Gasteiger partial charge on any atom is 0.318 e. The first-order chi connectivity index (χ1) is 9.56. The van der Waals surface area contributed by atoms with Gasteiger partial charge in [0.05, 0.1) is 12.0 Å². The van der Waals surface area contributed by atoms with Gasteiger partial charge in [0.2, 0.25) is 0 Å². The Balaban J connectivity index is 1.64. The molecule has 2 heterocycles. The van der Waals surface area contributed by atoms with Crippen molar-refractivity contribution in [2.75, 3.05) is 0 Å². The predicted molar refractivity (Wildman–Crippen MR) is 71.2 cm³/mol. The molecule has 0 aromatic heterocycles. The largest absolute Gasteiger partial charge is 0.481 e. The molecule has 3 fully saturated rings. The fourth-order valence-electron chi connectivity index (χ4n) is 4.14. The molecule has 4 unspecified atom stereocenters. The van der Waals surface area contributed by atoms with E-state index >= 15 is 0 Å². The van der Waals surface area contributed by atoms with Crippen molar-refractivity contribution in [3.63, 3.8) is 0 Å². The number of urea groups is 1. The van der Waals surface area contributed by atoms with Crippen LogP contribution in [0, 0.1) is 5.92 Å². The molecule has 20 heavy (non-hydrogen) atoms.